The van der Waals surface area contributed by atoms with Gasteiger partial charge in [0.05, 0.1) is 17.8 Å². The topological polar surface area (TPSA) is 113 Å². The van der Waals surface area contributed by atoms with Crippen molar-refractivity contribution in [2.45, 2.75) is 26.7 Å². The lowest BCUT2D eigenvalue weighted by Gasteiger charge is -2.09. The van der Waals surface area contributed by atoms with Gasteiger partial charge in [0.1, 0.15) is 36.0 Å². The maximum atomic E-state index is 11.7. The molecule has 0 saturated carbocycles. The number of hydrogen-bond acceptors (Lipinski definition) is 7. The van der Waals surface area contributed by atoms with Gasteiger partial charge in [-0.25, -0.2) is 9.78 Å². The van der Waals surface area contributed by atoms with Gasteiger partial charge in [-0.2, -0.15) is 0 Å². The summed E-state index contributed by atoms with van der Waals surface area (Å²) in [6.45, 7) is 2.47. The fourth-order valence-electron chi connectivity index (χ4n) is 3.63. The van der Waals surface area contributed by atoms with Crippen LogP contribution in [0.1, 0.15) is 32.9 Å². The molecular formula is C27H22ClN3O6. The van der Waals surface area contributed by atoms with Crippen LogP contribution < -0.4 is 9.47 Å². The zero-order chi connectivity index (χ0) is 25.8. The van der Waals surface area contributed by atoms with Crippen LogP contribution >= 0.6 is 11.6 Å². The van der Waals surface area contributed by atoms with Gasteiger partial charge in [-0.05, 0) is 42.3 Å². The predicted molar refractivity (Wildman–Crippen MR) is 134 cm³/mol. The molecule has 0 fully saturated rings. The van der Waals surface area contributed by atoms with Crippen molar-refractivity contribution in [2.24, 2.45) is 0 Å². The lowest BCUT2D eigenvalue weighted by molar-refractivity contribution is 0.0691. The number of nitrogens with zero attached hydrogens (tertiary/aromatic N) is 3. The Balaban J connectivity index is 1.22. The van der Waals surface area contributed by atoms with Crippen LogP contribution in [0, 0.1) is 6.92 Å². The van der Waals surface area contributed by atoms with Crippen LogP contribution in [-0.4, -0.2) is 25.8 Å². The van der Waals surface area contributed by atoms with E-state index in [1.54, 1.807) is 48.2 Å². The molecule has 37 heavy (non-hydrogen) atoms. The van der Waals surface area contributed by atoms with E-state index in [2.05, 4.69) is 10.1 Å². The van der Waals surface area contributed by atoms with E-state index >= 15 is 0 Å². The highest BCUT2D eigenvalue weighted by atomic mass is 35.5. The van der Waals surface area contributed by atoms with E-state index < -0.39 is 5.97 Å². The molecule has 0 aliphatic rings. The Labute approximate surface area is 216 Å². The first-order valence-corrected chi connectivity index (χ1v) is 11.7. The summed E-state index contributed by atoms with van der Waals surface area (Å²) < 4.78 is 24.1. The van der Waals surface area contributed by atoms with Crippen molar-refractivity contribution >= 4 is 17.6 Å². The second kappa shape index (κ2) is 10.6. The summed E-state index contributed by atoms with van der Waals surface area (Å²) in [5.74, 6) is 0.918. The third-order valence-electron chi connectivity index (χ3n) is 5.51. The minimum Gasteiger partial charge on any atom is -0.486 e. The molecule has 0 aliphatic heterocycles. The molecule has 188 valence electrons. The molecule has 3 heterocycles. The number of carboxylic acid groups (broad SMARTS) is 1. The predicted octanol–water partition coefficient (Wildman–Crippen LogP) is 6.00. The summed E-state index contributed by atoms with van der Waals surface area (Å²) in [5, 5.41) is 14.2. The summed E-state index contributed by atoms with van der Waals surface area (Å²) >= 11 is 6.43. The highest BCUT2D eigenvalue weighted by molar-refractivity contribution is 6.32. The van der Waals surface area contributed by atoms with Crippen molar-refractivity contribution in [2.75, 3.05) is 0 Å². The van der Waals surface area contributed by atoms with Crippen molar-refractivity contribution in [3.63, 3.8) is 0 Å². The Kier molecular flexibility index (Phi) is 6.96. The van der Waals surface area contributed by atoms with Crippen molar-refractivity contribution in [3.05, 3.63) is 106 Å². The molecule has 0 amide bonds. The number of aryl methyl sites for hydroxylation is 1. The zero-order valence-corrected chi connectivity index (χ0v) is 20.5. The Morgan fingerprint density at radius 1 is 1.05 bits per heavy atom. The van der Waals surface area contributed by atoms with Crippen LogP contribution in [-0.2, 0) is 19.8 Å². The molecule has 1 N–H and O–H groups in total. The van der Waals surface area contributed by atoms with Crippen LogP contribution in [0.15, 0.2) is 82.0 Å². The number of benzene rings is 2. The fourth-order valence-corrected chi connectivity index (χ4v) is 3.88. The van der Waals surface area contributed by atoms with E-state index in [9.17, 15) is 9.90 Å². The van der Waals surface area contributed by atoms with E-state index in [4.69, 9.17) is 29.9 Å². The minimum atomic E-state index is -1.12. The van der Waals surface area contributed by atoms with Crippen molar-refractivity contribution in [3.8, 4) is 23.3 Å². The molecule has 9 nitrogen and oxygen atoms in total. The molecular weight excluding hydrogens is 498 g/mol. The van der Waals surface area contributed by atoms with Crippen LogP contribution in [0.4, 0.5) is 0 Å². The maximum absolute atomic E-state index is 11.7. The SMILES string of the molecule is Cc1oc(-c2ccco2)nc1COc1ccc(COc2nn(Cc3ccccc3)cc2C(=O)O)cc1Cl. The third kappa shape index (κ3) is 5.68. The second-order valence-corrected chi connectivity index (χ2v) is 8.58. The summed E-state index contributed by atoms with van der Waals surface area (Å²) in [6, 6.07) is 18.3. The largest absolute Gasteiger partial charge is 0.486 e. The van der Waals surface area contributed by atoms with Crippen molar-refractivity contribution in [1.82, 2.24) is 14.8 Å². The molecule has 0 radical (unpaired) electrons. The number of carbonyl (C=O) groups is 1. The minimum absolute atomic E-state index is 0.0149. The van der Waals surface area contributed by atoms with Gasteiger partial charge in [-0.3, -0.25) is 4.68 Å². The van der Waals surface area contributed by atoms with Gasteiger partial charge in [0.25, 0.3) is 5.89 Å². The Morgan fingerprint density at radius 3 is 2.62 bits per heavy atom. The highest BCUT2D eigenvalue weighted by Crippen LogP contribution is 2.29. The quantitative estimate of drug-likeness (QED) is 0.239. The Morgan fingerprint density at radius 2 is 1.89 bits per heavy atom. The van der Waals surface area contributed by atoms with Crippen LogP contribution in [0.3, 0.4) is 0 Å². The Bertz CT molecular complexity index is 1510. The average molecular weight is 520 g/mol. The first kappa shape index (κ1) is 24.2. The van der Waals surface area contributed by atoms with Crippen molar-refractivity contribution in [1.29, 1.82) is 0 Å². The summed E-state index contributed by atoms with van der Waals surface area (Å²) in [6.07, 6.45) is 3.01. The second-order valence-electron chi connectivity index (χ2n) is 8.18. The number of rotatable bonds is 10. The van der Waals surface area contributed by atoms with Gasteiger partial charge >= 0.3 is 5.97 Å². The van der Waals surface area contributed by atoms with Gasteiger partial charge in [-0.15, -0.1) is 5.10 Å². The molecule has 10 heteroatoms. The van der Waals surface area contributed by atoms with Crippen molar-refractivity contribution < 1.29 is 28.2 Å². The summed E-state index contributed by atoms with van der Waals surface area (Å²) in [5.41, 5.74) is 2.33. The molecule has 2 aromatic carbocycles. The standard InChI is InChI=1S/C27H22ClN3O6/c1-17-22(29-26(37-17)24-8-5-11-34-24)16-35-23-10-9-19(12-21(23)28)15-36-25-20(27(32)33)14-31(30-25)13-18-6-3-2-4-7-18/h2-12,14H,13,15-16H2,1H3,(H,32,33). The number of carboxylic acids is 1. The van der Waals surface area contributed by atoms with E-state index in [-0.39, 0.29) is 24.7 Å². The van der Waals surface area contributed by atoms with Crippen LogP contribution in [0.5, 0.6) is 11.6 Å². The number of furan rings is 1. The lowest BCUT2D eigenvalue weighted by Crippen LogP contribution is -2.03. The number of hydrogen-bond donors (Lipinski definition) is 1. The monoisotopic (exact) mass is 519 g/mol. The molecule has 0 unspecified atom stereocenters. The normalized spacial score (nSPS) is 11.0. The number of aromatic nitrogens is 3. The summed E-state index contributed by atoms with van der Waals surface area (Å²) in [7, 11) is 0. The number of halogens is 1. The van der Waals surface area contributed by atoms with E-state index in [0.717, 1.165) is 11.1 Å². The summed E-state index contributed by atoms with van der Waals surface area (Å²) in [4.78, 5) is 16.1. The van der Waals surface area contributed by atoms with Gasteiger partial charge in [0.15, 0.2) is 5.76 Å². The molecule has 0 atom stereocenters. The van der Waals surface area contributed by atoms with Gasteiger partial charge in [0, 0.05) is 6.20 Å². The molecule has 0 aliphatic carbocycles. The molecule has 5 rings (SSSR count). The van der Waals surface area contributed by atoms with Gasteiger partial charge in [-0.1, -0.05) is 48.0 Å². The maximum Gasteiger partial charge on any atom is 0.342 e. The zero-order valence-electron chi connectivity index (χ0n) is 19.8. The highest BCUT2D eigenvalue weighted by Gasteiger charge is 2.18. The van der Waals surface area contributed by atoms with E-state index in [0.29, 0.717) is 40.4 Å². The van der Waals surface area contributed by atoms with Gasteiger partial charge in [0.2, 0.25) is 5.88 Å². The lowest BCUT2D eigenvalue weighted by atomic mass is 10.2. The van der Waals surface area contributed by atoms with Crippen LogP contribution in [0.25, 0.3) is 11.7 Å². The Hall–Kier alpha value is -4.50. The van der Waals surface area contributed by atoms with E-state index in [1.165, 1.54) is 6.20 Å². The molecule has 0 saturated heterocycles. The number of aromatic carboxylic acids is 1. The molecule has 3 aromatic heterocycles. The first-order chi connectivity index (χ1) is 18.0. The molecule has 0 spiro atoms. The first-order valence-electron chi connectivity index (χ1n) is 11.3. The number of ether oxygens (including phenoxy) is 2. The number of oxazole rings is 1. The average Bonchev–Trinajstić information content (AvgIpc) is 3.63. The third-order valence-corrected chi connectivity index (χ3v) is 5.80. The van der Waals surface area contributed by atoms with E-state index in [1.807, 2.05) is 30.3 Å². The fraction of sp³-hybridized carbons (Fsp3) is 0.148. The van der Waals surface area contributed by atoms with Gasteiger partial charge < -0.3 is 23.4 Å². The molecule has 5 aromatic rings. The van der Waals surface area contributed by atoms with Crippen LogP contribution in [0.2, 0.25) is 5.02 Å². The smallest absolute Gasteiger partial charge is 0.342 e. The molecule has 0 bridgehead atoms.